The van der Waals surface area contributed by atoms with Gasteiger partial charge in [-0.15, -0.1) is 0 Å². The van der Waals surface area contributed by atoms with Crippen LogP contribution in [-0.2, 0) is 13.7 Å². The largest absolute Gasteiger partial charge is 0.488 e. The number of aryl methyl sites for hydroxylation is 2. The molecule has 1 amide bonds. The zero-order chi connectivity index (χ0) is 20.8. The highest BCUT2D eigenvalue weighted by Crippen LogP contribution is 2.38. The number of fused-ring (bicyclic) bond motifs is 3. The topological polar surface area (TPSA) is 50.6 Å². The van der Waals surface area contributed by atoms with Crippen LogP contribution in [0, 0.1) is 6.92 Å². The van der Waals surface area contributed by atoms with Crippen molar-refractivity contribution in [1.82, 2.24) is 14.7 Å². The number of carbonyl (C=O) groups is 1. The van der Waals surface area contributed by atoms with E-state index in [0.717, 1.165) is 29.1 Å². The van der Waals surface area contributed by atoms with Crippen molar-refractivity contribution in [3.8, 4) is 17.0 Å². The number of amides is 1. The van der Waals surface area contributed by atoms with Gasteiger partial charge in [-0.1, -0.05) is 24.3 Å². The van der Waals surface area contributed by atoms with E-state index in [1.54, 1.807) is 0 Å². The smallest absolute Gasteiger partial charge is 0.274 e. The quantitative estimate of drug-likeness (QED) is 0.657. The van der Waals surface area contributed by atoms with Crippen LogP contribution in [0.5, 0.6) is 5.75 Å². The summed E-state index contributed by atoms with van der Waals surface area (Å²) >= 11 is 0. The molecular weight excluding hydrogens is 376 g/mol. The number of nitrogens with zero attached hydrogens (tertiary/aromatic N) is 4. The molecule has 1 aromatic heterocycles. The minimum absolute atomic E-state index is 0.00873. The fourth-order valence-electron chi connectivity index (χ4n) is 4.63. The first-order valence-corrected chi connectivity index (χ1v) is 10.4. The first-order chi connectivity index (χ1) is 14.5. The van der Waals surface area contributed by atoms with Crippen LogP contribution >= 0.6 is 0 Å². The summed E-state index contributed by atoms with van der Waals surface area (Å²) < 4.78 is 7.73. The Bertz CT molecular complexity index is 1120. The van der Waals surface area contributed by atoms with E-state index in [1.165, 1.54) is 11.3 Å². The van der Waals surface area contributed by atoms with E-state index < -0.39 is 0 Å². The lowest BCUT2D eigenvalue weighted by molar-refractivity contribution is 0.0717. The molecule has 6 nitrogen and oxygen atoms in total. The summed E-state index contributed by atoms with van der Waals surface area (Å²) in [6.45, 7) is 6.83. The molecule has 2 aliphatic heterocycles. The van der Waals surface area contributed by atoms with Crippen LogP contribution in [0.4, 0.5) is 5.69 Å². The van der Waals surface area contributed by atoms with Crippen molar-refractivity contribution in [3.63, 3.8) is 0 Å². The summed E-state index contributed by atoms with van der Waals surface area (Å²) in [6.07, 6.45) is 0. The molecule has 5 rings (SSSR count). The molecule has 0 radical (unpaired) electrons. The zero-order valence-electron chi connectivity index (χ0n) is 17.6. The molecule has 2 aromatic carbocycles. The second-order valence-corrected chi connectivity index (χ2v) is 8.22. The summed E-state index contributed by atoms with van der Waals surface area (Å²) in [5, 5.41) is 4.61. The van der Waals surface area contributed by atoms with Gasteiger partial charge in [-0.2, -0.15) is 5.10 Å². The second-order valence-electron chi connectivity index (χ2n) is 8.22. The average molecular weight is 402 g/mol. The van der Waals surface area contributed by atoms with Gasteiger partial charge in [0.15, 0.2) is 5.69 Å². The SMILES string of the molecule is Cc1cccc(N2CCN(C(=O)c3nn(C)c4c3COc3ccccc3-4)CC2C)c1. The zero-order valence-corrected chi connectivity index (χ0v) is 17.6. The molecule has 3 heterocycles. The van der Waals surface area contributed by atoms with Crippen LogP contribution < -0.4 is 9.64 Å². The highest BCUT2D eigenvalue weighted by atomic mass is 16.5. The third-order valence-electron chi connectivity index (χ3n) is 6.11. The number of para-hydroxylation sites is 1. The first-order valence-electron chi connectivity index (χ1n) is 10.4. The standard InChI is InChI=1S/C24H26N4O2/c1-16-7-6-8-18(13-16)28-12-11-27(14-17(28)2)24(29)22-20-15-30-21-10-5-4-9-19(21)23(20)26(3)25-22/h4-10,13,17H,11-12,14-15H2,1-3H3. The van der Waals surface area contributed by atoms with E-state index in [1.807, 2.05) is 40.9 Å². The van der Waals surface area contributed by atoms with Crippen molar-refractivity contribution >= 4 is 11.6 Å². The number of rotatable bonds is 2. The summed E-state index contributed by atoms with van der Waals surface area (Å²) in [4.78, 5) is 17.7. The van der Waals surface area contributed by atoms with Gasteiger partial charge in [0, 0.05) is 49.5 Å². The molecule has 1 atom stereocenters. The monoisotopic (exact) mass is 402 g/mol. The van der Waals surface area contributed by atoms with E-state index in [0.29, 0.717) is 25.4 Å². The number of hydrogen-bond acceptors (Lipinski definition) is 4. The molecular formula is C24H26N4O2. The predicted molar refractivity (Wildman–Crippen MR) is 117 cm³/mol. The van der Waals surface area contributed by atoms with Crippen LogP contribution in [0.3, 0.4) is 0 Å². The number of benzene rings is 2. The highest BCUT2D eigenvalue weighted by molar-refractivity contribution is 5.96. The highest BCUT2D eigenvalue weighted by Gasteiger charge is 2.33. The van der Waals surface area contributed by atoms with Gasteiger partial charge in [0.05, 0.1) is 5.69 Å². The minimum Gasteiger partial charge on any atom is -0.488 e. The van der Waals surface area contributed by atoms with Gasteiger partial charge in [0.25, 0.3) is 5.91 Å². The molecule has 0 saturated carbocycles. The van der Waals surface area contributed by atoms with Gasteiger partial charge in [0.2, 0.25) is 0 Å². The number of carbonyl (C=O) groups excluding carboxylic acids is 1. The van der Waals surface area contributed by atoms with Crippen molar-refractivity contribution in [2.75, 3.05) is 24.5 Å². The van der Waals surface area contributed by atoms with E-state index in [9.17, 15) is 4.79 Å². The van der Waals surface area contributed by atoms with E-state index in [-0.39, 0.29) is 11.9 Å². The summed E-state index contributed by atoms with van der Waals surface area (Å²) in [6, 6.07) is 16.7. The first kappa shape index (κ1) is 18.7. The Morgan fingerprint density at radius 1 is 1.13 bits per heavy atom. The third kappa shape index (κ3) is 3.03. The van der Waals surface area contributed by atoms with Crippen molar-refractivity contribution in [3.05, 3.63) is 65.4 Å². The molecule has 0 bridgehead atoms. The van der Waals surface area contributed by atoms with Gasteiger partial charge in [-0.3, -0.25) is 9.48 Å². The van der Waals surface area contributed by atoms with Crippen molar-refractivity contribution in [2.45, 2.75) is 26.5 Å². The molecule has 0 aliphatic carbocycles. The lowest BCUT2D eigenvalue weighted by Crippen LogP contribution is -2.54. The maximum Gasteiger partial charge on any atom is 0.274 e. The van der Waals surface area contributed by atoms with Gasteiger partial charge >= 0.3 is 0 Å². The molecule has 0 N–H and O–H groups in total. The summed E-state index contributed by atoms with van der Waals surface area (Å²) in [5.74, 6) is 0.831. The Balaban J connectivity index is 1.40. The second kappa shape index (κ2) is 7.20. The molecule has 0 spiro atoms. The molecule has 1 unspecified atom stereocenters. The van der Waals surface area contributed by atoms with Crippen LogP contribution in [0.1, 0.15) is 28.5 Å². The predicted octanol–water partition coefficient (Wildman–Crippen LogP) is 3.64. The summed E-state index contributed by atoms with van der Waals surface area (Å²) in [5.41, 5.74) is 5.83. The van der Waals surface area contributed by atoms with Gasteiger partial charge in [0.1, 0.15) is 12.4 Å². The Hall–Kier alpha value is -3.28. The van der Waals surface area contributed by atoms with Crippen LogP contribution in [0.15, 0.2) is 48.5 Å². The summed E-state index contributed by atoms with van der Waals surface area (Å²) in [7, 11) is 1.90. The molecule has 2 aliphatic rings. The molecule has 154 valence electrons. The minimum atomic E-state index is -0.00873. The Labute approximate surface area is 176 Å². The maximum absolute atomic E-state index is 13.4. The Morgan fingerprint density at radius 2 is 1.97 bits per heavy atom. The van der Waals surface area contributed by atoms with Gasteiger partial charge in [-0.25, -0.2) is 0 Å². The van der Waals surface area contributed by atoms with Crippen molar-refractivity contribution in [2.24, 2.45) is 7.05 Å². The molecule has 1 saturated heterocycles. The van der Waals surface area contributed by atoms with E-state index in [2.05, 4.69) is 48.1 Å². The molecule has 1 fully saturated rings. The molecule has 3 aromatic rings. The van der Waals surface area contributed by atoms with Gasteiger partial charge < -0.3 is 14.5 Å². The number of hydrogen-bond donors (Lipinski definition) is 0. The lowest BCUT2D eigenvalue weighted by Gasteiger charge is -2.41. The number of piperazine rings is 1. The Morgan fingerprint density at radius 3 is 2.77 bits per heavy atom. The molecule has 6 heteroatoms. The van der Waals surface area contributed by atoms with Crippen LogP contribution in [-0.4, -0.2) is 46.3 Å². The fourth-order valence-corrected chi connectivity index (χ4v) is 4.63. The van der Waals surface area contributed by atoms with E-state index in [4.69, 9.17) is 4.74 Å². The van der Waals surface area contributed by atoms with Gasteiger partial charge in [-0.05, 0) is 43.7 Å². The van der Waals surface area contributed by atoms with Crippen molar-refractivity contribution < 1.29 is 9.53 Å². The Kier molecular flexibility index (Phi) is 4.50. The average Bonchev–Trinajstić information content (AvgIpc) is 3.10. The third-order valence-corrected chi connectivity index (χ3v) is 6.11. The fraction of sp³-hybridized carbons (Fsp3) is 0.333. The van der Waals surface area contributed by atoms with Crippen LogP contribution in [0.25, 0.3) is 11.3 Å². The maximum atomic E-state index is 13.4. The van der Waals surface area contributed by atoms with E-state index >= 15 is 0 Å². The number of aromatic nitrogens is 2. The molecule has 30 heavy (non-hydrogen) atoms. The lowest BCUT2D eigenvalue weighted by atomic mass is 10.0. The normalized spacial score (nSPS) is 17.9. The number of anilines is 1. The van der Waals surface area contributed by atoms with Crippen molar-refractivity contribution in [1.29, 1.82) is 0 Å². The number of ether oxygens (including phenoxy) is 1. The van der Waals surface area contributed by atoms with Crippen LogP contribution in [0.2, 0.25) is 0 Å².